The second kappa shape index (κ2) is 4.89. The Bertz CT molecular complexity index is 457. The van der Waals surface area contributed by atoms with E-state index in [-0.39, 0.29) is 17.9 Å². The first kappa shape index (κ1) is 12.8. The Balaban J connectivity index is 2.29. The molecule has 1 aromatic carbocycles. The second-order valence-corrected chi connectivity index (χ2v) is 4.59. The molecular formula is C12H15FN2O3. The van der Waals surface area contributed by atoms with Gasteiger partial charge in [-0.25, -0.2) is 4.39 Å². The van der Waals surface area contributed by atoms with Crippen LogP contribution in [0.3, 0.4) is 0 Å². The molecule has 2 atom stereocenters. The van der Waals surface area contributed by atoms with Crippen LogP contribution in [0.4, 0.5) is 15.8 Å². The first-order valence-electron chi connectivity index (χ1n) is 5.81. The molecule has 0 N–H and O–H groups in total. The van der Waals surface area contributed by atoms with Crippen LogP contribution < -0.4 is 4.90 Å². The van der Waals surface area contributed by atoms with Gasteiger partial charge in [0.2, 0.25) is 0 Å². The molecule has 1 aliphatic rings. The number of rotatable bonds is 2. The summed E-state index contributed by atoms with van der Waals surface area (Å²) in [4.78, 5) is 12.0. The second-order valence-electron chi connectivity index (χ2n) is 4.59. The Morgan fingerprint density at radius 3 is 2.50 bits per heavy atom. The highest BCUT2D eigenvalue weighted by Crippen LogP contribution is 2.26. The Labute approximate surface area is 104 Å². The molecule has 1 fully saturated rings. The number of ether oxygens (including phenoxy) is 1. The van der Waals surface area contributed by atoms with Gasteiger partial charge in [-0.15, -0.1) is 0 Å². The zero-order valence-corrected chi connectivity index (χ0v) is 10.3. The number of non-ortho nitro benzene ring substituents is 1. The van der Waals surface area contributed by atoms with E-state index in [0.717, 1.165) is 6.07 Å². The van der Waals surface area contributed by atoms with Crippen molar-refractivity contribution in [3.8, 4) is 0 Å². The molecule has 1 saturated heterocycles. The lowest BCUT2D eigenvalue weighted by Gasteiger charge is -2.36. The summed E-state index contributed by atoms with van der Waals surface area (Å²) in [6.45, 7) is 5.06. The fourth-order valence-corrected chi connectivity index (χ4v) is 2.24. The number of hydrogen-bond donors (Lipinski definition) is 0. The third kappa shape index (κ3) is 2.76. The Hall–Kier alpha value is -1.69. The molecule has 18 heavy (non-hydrogen) atoms. The van der Waals surface area contributed by atoms with Gasteiger partial charge in [-0.3, -0.25) is 10.1 Å². The Kier molecular flexibility index (Phi) is 3.47. The van der Waals surface area contributed by atoms with Crippen LogP contribution in [0.2, 0.25) is 0 Å². The van der Waals surface area contributed by atoms with E-state index in [1.54, 1.807) is 0 Å². The van der Waals surface area contributed by atoms with Gasteiger partial charge in [-0.05, 0) is 19.9 Å². The minimum atomic E-state index is -0.592. The molecule has 1 aliphatic heterocycles. The highest BCUT2D eigenvalue weighted by molar-refractivity contribution is 5.54. The van der Waals surface area contributed by atoms with Crippen LogP contribution in [-0.4, -0.2) is 30.2 Å². The van der Waals surface area contributed by atoms with Crippen molar-refractivity contribution in [3.05, 3.63) is 34.1 Å². The van der Waals surface area contributed by atoms with Gasteiger partial charge in [0.05, 0.1) is 23.2 Å². The summed E-state index contributed by atoms with van der Waals surface area (Å²) < 4.78 is 19.0. The van der Waals surface area contributed by atoms with E-state index >= 15 is 0 Å². The Morgan fingerprint density at radius 1 is 1.33 bits per heavy atom. The molecule has 0 spiro atoms. The molecule has 0 radical (unpaired) electrons. The van der Waals surface area contributed by atoms with E-state index < -0.39 is 10.7 Å². The van der Waals surface area contributed by atoms with Crippen molar-refractivity contribution in [2.24, 2.45) is 0 Å². The van der Waals surface area contributed by atoms with Gasteiger partial charge < -0.3 is 9.64 Å². The predicted octanol–water partition coefficient (Wildman–Crippen LogP) is 2.35. The highest BCUT2D eigenvalue weighted by Gasteiger charge is 2.24. The summed E-state index contributed by atoms with van der Waals surface area (Å²) in [5.74, 6) is -0.592. The van der Waals surface area contributed by atoms with Crippen LogP contribution in [0.1, 0.15) is 13.8 Å². The van der Waals surface area contributed by atoms with Gasteiger partial charge in [0, 0.05) is 24.8 Å². The predicted molar refractivity (Wildman–Crippen MR) is 65.3 cm³/mol. The van der Waals surface area contributed by atoms with Crippen molar-refractivity contribution in [2.75, 3.05) is 18.0 Å². The van der Waals surface area contributed by atoms with E-state index in [0.29, 0.717) is 18.8 Å². The van der Waals surface area contributed by atoms with E-state index in [1.807, 2.05) is 18.7 Å². The van der Waals surface area contributed by atoms with Gasteiger partial charge in [0.1, 0.15) is 5.82 Å². The Morgan fingerprint density at radius 2 is 1.94 bits per heavy atom. The van der Waals surface area contributed by atoms with E-state index in [4.69, 9.17) is 4.74 Å². The number of halogens is 1. The number of hydrogen-bond acceptors (Lipinski definition) is 4. The van der Waals surface area contributed by atoms with Crippen LogP contribution in [0.5, 0.6) is 0 Å². The molecule has 98 valence electrons. The van der Waals surface area contributed by atoms with Crippen LogP contribution in [-0.2, 0) is 4.74 Å². The molecule has 0 aromatic heterocycles. The average Bonchev–Trinajstić information content (AvgIpc) is 2.26. The maximum absolute atomic E-state index is 13.4. The number of morpholine rings is 1. The number of benzene rings is 1. The van der Waals surface area contributed by atoms with Crippen LogP contribution in [0.25, 0.3) is 0 Å². The lowest BCUT2D eigenvalue weighted by Crippen LogP contribution is -2.45. The first-order chi connectivity index (χ1) is 8.45. The minimum Gasteiger partial charge on any atom is -0.372 e. The SMILES string of the molecule is CC1CN(c2cc(F)cc([N+](=O)[O-])c2)CC(C)O1. The maximum Gasteiger partial charge on any atom is 0.274 e. The van der Waals surface area contributed by atoms with Gasteiger partial charge in [-0.2, -0.15) is 0 Å². The van der Waals surface area contributed by atoms with Crippen LogP contribution in [0.15, 0.2) is 18.2 Å². The maximum atomic E-state index is 13.4. The van der Waals surface area contributed by atoms with Crippen molar-refractivity contribution >= 4 is 11.4 Å². The zero-order valence-electron chi connectivity index (χ0n) is 10.3. The first-order valence-corrected chi connectivity index (χ1v) is 5.81. The van der Waals surface area contributed by atoms with Crippen molar-refractivity contribution < 1.29 is 14.1 Å². The van der Waals surface area contributed by atoms with Crippen LogP contribution in [0, 0.1) is 15.9 Å². The third-order valence-electron chi connectivity index (χ3n) is 2.86. The monoisotopic (exact) mass is 254 g/mol. The highest BCUT2D eigenvalue weighted by atomic mass is 19.1. The number of anilines is 1. The molecule has 0 aliphatic carbocycles. The molecule has 5 nitrogen and oxygen atoms in total. The molecule has 6 heteroatoms. The summed E-state index contributed by atoms with van der Waals surface area (Å²) in [6.07, 6.45) is 0.0483. The fraction of sp³-hybridized carbons (Fsp3) is 0.500. The van der Waals surface area contributed by atoms with E-state index in [1.165, 1.54) is 12.1 Å². The summed E-state index contributed by atoms with van der Waals surface area (Å²) in [5.41, 5.74) is 0.306. The standard InChI is InChI=1S/C12H15FN2O3/c1-8-6-14(7-9(2)18-8)11-3-10(13)4-12(5-11)15(16)17/h3-5,8-9H,6-7H2,1-2H3. The summed E-state index contributed by atoms with van der Waals surface area (Å²) in [6, 6.07) is 3.64. The molecule has 2 unspecified atom stereocenters. The molecule has 2 rings (SSSR count). The summed E-state index contributed by atoms with van der Waals surface area (Å²) >= 11 is 0. The fourth-order valence-electron chi connectivity index (χ4n) is 2.24. The van der Waals surface area contributed by atoms with Crippen molar-refractivity contribution in [1.29, 1.82) is 0 Å². The topological polar surface area (TPSA) is 55.6 Å². The number of nitro groups is 1. The molecular weight excluding hydrogens is 239 g/mol. The van der Waals surface area contributed by atoms with Crippen molar-refractivity contribution in [1.82, 2.24) is 0 Å². The van der Waals surface area contributed by atoms with Crippen molar-refractivity contribution in [3.63, 3.8) is 0 Å². The smallest absolute Gasteiger partial charge is 0.274 e. The van der Waals surface area contributed by atoms with Gasteiger partial charge >= 0.3 is 0 Å². The molecule has 1 heterocycles. The van der Waals surface area contributed by atoms with Gasteiger partial charge in [-0.1, -0.05) is 0 Å². The molecule has 1 aromatic rings. The lowest BCUT2D eigenvalue weighted by atomic mass is 10.2. The summed E-state index contributed by atoms with van der Waals surface area (Å²) in [5, 5.41) is 10.7. The molecule has 0 saturated carbocycles. The minimum absolute atomic E-state index is 0.0241. The molecule has 0 amide bonds. The largest absolute Gasteiger partial charge is 0.372 e. The van der Waals surface area contributed by atoms with Crippen LogP contribution >= 0.6 is 0 Å². The van der Waals surface area contributed by atoms with E-state index in [9.17, 15) is 14.5 Å². The summed E-state index contributed by atoms with van der Waals surface area (Å²) in [7, 11) is 0. The lowest BCUT2D eigenvalue weighted by molar-refractivity contribution is -0.385. The normalized spacial score (nSPS) is 24.1. The van der Waals surface area contributed by atoms with Gasteiger partial charge in [0.25, 0.3) is 5.69 Å². The third-order valence-corrected chi connectivity index (χ3v) is 2.86. The zero-order chi connectivity index (χ0) is 13.3. The number of nitro benzene ring substituents is 1. The van der Waals surface area contributed by atoms with E-state index in [2.05, 4.69) is 0 Å². The van der Waals surface area contributed by atoms with Crippen molar-refractivity contribution in [2.45, 2.75) is 26.1 Å². The quantitative estimate of drug-likeness (QED) is 0.600. The average molecular weight is 254 g/mol. The van der Waals surface area contributed by atoms with Gasteiger partial charge in [0.15, 0.2) is 0 Å². The molecule has 0 bridgehead atoms. The number of nitrogens with zero attached hydrogens (tertiary/aromatic N) is 2.